The average Bonchev–Trinajstić information content (AvgIpc) is 3.22. The maximum atomic E-state index is 12.2. The van der Waals surface area contributed by atoms with Gasteiger partial charge in [-0.2, -0.15) is 8.42 Å². The monoisotopic (exact) mass is 326 g/mol. The predicted molar refractivity (Wildman–Crippen MR) is 84.1 cm³/mol. The van der Waals surface area contributed by atoms with Gasteiger partial charge in [-0.3, -0.25) is 0 Å². The Labute approximate surface area is 131 Å². The minimum absolute atomic E-state index is 0.136. The van der Waals surface area contributed by atoms with Gasteiger partial charge >= 0.3 is 16.1 Å². The van der Waals surface area contributed by atoms with Gasteiger partial charge < -0.3 is 14.4 Å². The normalized spacial score (nSPS) is 14.5. The zero-order chi connectivity index (χ0) is 16.2. The van der Waals surface area contributed by atoms with Crippen molar-refractivity contribution >= 4 is 16.1 Å². The molecular formula is C15H22N2O4S. The lowest BCUT2D eigenvalue weighted by Crippen LogP contribution is -2.40. The molecule has 1 N–H and O–H groups in total. The maximum absolute atomic E-state index is 12.2. The first-order valence-electron chi connectivity index (χ1n) is 7.39. The molecule has 1 aromatic rings. The lowest BCUT2D eigenvalue weighted by atomic mass is 10.2. The second kappa shape index (κ2) is 7.00. The Morgan fingerprint density at radius 3 is 2.64 bits per heavy atom. The van der Waals surface area contributed by atoms with Gasteiger partial charge in [-0.25, -0.2) is 4.79 Å². The van der Waals surface area contributed by atoms with E-state index < -0.39 is 10.1 Å². The van der Waals surface area contributed by atoms with E-state index in [1.165, 1.54) is 0 Å². The van der Waals surface area contributed by atoms with Crippen molar-refractivity contribution in [1.82, 2.24) is 10.2 Å². The second-order valence-electron chi connectivity index (χ2n) is 5.55. The van der Waals surface area contributed by atoms with Crippen LogP contribution in [0.15, 0.2) is 24.3 Å². The van der Waals surface area contributed by atoms with Crippen molar-refractivity contribution in [3.8, 4) is 5.75 Å². The molecule has 1 saturated carbocycles. The van der Waals surface area contributed by atoms with Crippen LogP contribution < -0.4 is 9.50 Å². The number of nitrogens with one attached hydrogen (secondary N) is 1. The summed E-state index contributed by atoms with van der Waals surface area (Å²) < 4.78 is 27.7. The van der Waals surface area contributed by atoms with Crippen molar-refractivity contribution in [1.29, 1.82) is 0 Å². The Morgan fingerprint density at radius 1 is 1.36 bits per heavy atom. The van der Waals surface area contributed by atoms with E-state index in [2.05, 4.69) is 5.32 Å². The number of carbonyl (C=O) groups excluding carboxylic acids is 1. The molecule has 22 heavy (non-hydrogen) atoms. The van der Waals surface area contributed by atoms with Gasteiger partial charge in [0.05, 0.1) is 12.8 Å². The van der Waals surface area contributed by atoms with Gasteiger partial charge in [0, 0.05) is 18.7 Å². The quantitative estimate of drug-likeness (QED) is 0.777. The van der Waals surface area contributed by atoms with Crippen LogP contribution in [-0.4, -0.2) is 38.7 Å². The number of amides is 2. The van der Waals surface area contributed by atoms with E-state index in [1.54, 1.807) is 29.2 Å². The second-order valence-corrected chi connectivity index (χ2v) is 7.13. The first kappa shape index (κ1) is 16.6. The van der Waals surface area contributed by atoms with Crippen LogP contribution in [0.3, 0.4) is 0 Å². The van der Waals surface area contributed by atoms with Crippen molar-refractivity contribution in [2.75, 3.05) is 19.3 Å². The third-order valence-electron chi connectivity index (χ3n) is 3.37. The zero-order valence-electron chi connectivity index (χ0n) is 12.9. The van der Waals surface area contributed by atoms with Crippen LogP contribution in [0.1, 0.15) is 25.3 Å². The maximum Gasteiger partial charge on any atom is 0.317 e. The van der Waals surface area contributed by atoms with E-state index in [0.29, 0.717) is 31.1 Å². The minimum Gasteiger partial charge on any atom is -0.382 e. The number of hydrogen-bond acceptors (Lipinski definition) is 4. The van der Waals surface area contributed by atoms with Crippen molar-refractivity contribution < 1.29 is 17.4 Å². The van der Waals surface area contributed by atoms with E-state index in [-0.39, 0.29) is 11.8 Å². The third-order valence-corrected chi connectivity index (χ3v) is 3.85. The highest BCUT2D eigenvalue weighted by Gasteiger charge is 2.27. The fraction of sp³-hybridized carbons (Fsp3) is 0.533. The molecule has 0 aliphatic heterocycles. The van der Waals surface area contributed by atoms with Gasteiger partial charge in [0.15, 0.2) is 0 Å². The number of carbonyl (C=O) groups is 1. The Balaban J connectivity index is 2.16. The molecule has 2 amide bonds. The molecule has 0 saturated heterocycles. The predicted octanol–water partition coefficient (Wildman–Crippen LogP) is 1.97. The van der Waals surface area contributed by atoms with E-state index in [4.69, 9.17) is 4.18 Å². The summed E-state index contributed by atoms with van der Waals surface area (Å²) >= 11 is 0. The molecule has 0 heterocycles. The van der Waals surface area contributed by atoms with Crippen molar-refractivity contribution in [2.45, 2.75) is 26.3 Å². The fourth-order valence-corrected chi connectivity index (χ4v) is 2.67. The van der Waals surface area contributed by atoms with Crippen molar-refractivity contribution in [3.63, 3.8) is 0 Å². The van der Waals surface area contributed by atoms with Crippen LogP contribution in [0.5, 0.6) is 5.75 Å². The number of urea groups is 1. The smallest absolute Gasteiger partial charge is 0.317 e. The zero-order valence-corrected chi connectivity index (χ0v) is 13.7. The van der Waals surface area contributed by atoms with Crippen LogP contribution in [0.25, 0.3) is 0 Å². The lowest BCUT2D eigenvalue weighted by molar-refractivity contribution is 0.193. The molecule has 0 bridgehead atoms. The minimum atomic E-state index is -3.60. The van der Waals surface area contributed by atoms with Gasteiger partial charge in [0.25, 0.3) is 0 Å². The van der Waals surface area contributed by atoms with Gasteiger partial charge in [-0.1, -0.05) is 18.2 Å². The van der Waals surface area contributed by atoms with E-state index in [1.807, 2.05) is 6.92 Å². The van der Waals surface area contributed by atoms with Gasteiger partial charge in [-0.05, 0) is 31.7 Å². The van der Waals surface area contributed by atoms with Crippen LogP contribution in [0.4, 0.5) is 4.79 Å². The first-order chi connectivity index (χ1) is 10.4. The molecule has 1 fully saturated rings. The van der Waals surface area contributed by atoms with Crippen LogP contribution in [-0.2, 0) is 16.7 Å². The number of nitrogens with zero attached hydrogens (tertiary/aromatic N) is 1. The summed E-state index contributed by atoms with van der Waals surface area (Å²) in [5, 5.41) is 2.79. The summed E-state index contributed by atoms with van der Waals surface area (Å²) in [6.45, 7) is 3.43. The largest absolute Gasteiger partial charge is 0.382 e. The van der Waals surface area contributed by atoms with Gasteiger partial charge in [0.1, 0.15) is 5.75 Å². The Morgan fingerprint density at radius 2 is 2.05 bits per heavy atom. The van der Waals surface area contributed by atoms with Crippen molar-refractivity contribution in [2.24, 2.45) is 5.92 Å². The first-order valence-corrected chi connectivity index (χ1v) is 9.21. The topological polar surface area (TPSA) is 75.7 Å². The third kappa shape index (κ3) is 5.22. The number of benzene rings is 1. The SMILES string of the molecule is CCNC(=O)N(Cc1ccccc1OS(C)(=O)=O)CC1CC1. The molecule has 0 radical (unpaired) electrons. The molecule has 1 aliphatic carbocycles. The summed E-state index contributed by atoms with van der Waals surface area (Å²) in [6, 6.07) is 6.76. The molecule has 122 valence electrons. The molecule has 0 spiro atoms. The summed E-state index contributed by atoms with van der Waals surface area (Å²) in [6.07, 6.45) is 3.28. The summed E-state index contributed by atoms with van der Waals surface area (Å²) in [5.74, 6) is 0.820. The van der Waals surface area contributed by atoms with Crippen molar-refractivity contribution in [3.05, 3.63) is 29.8 Å². The fourth-order valence-electron chi connectivity index (χ4n) is 2.18. The molecule has 0 unspecified atom stereocenters. The summed E-state index contributed by atoms with van der Waals surface area (Å²) in [4.78, 5) is 13.9. The highest BCUT2D eigenvalue weighted by Crippen LogP contribution is 2.31. The average molecular weight is 326 g/mol. The standard InChI is InChI=1S/C15H22N2O4S/c1-3-16-15(18)17(10-12-8-9-12)11-13-6-4-5-7-14(13)21-22(2,19)20/h4-7,12H,3,8-11H2,1-2H3,(H,16,18). The molecule has 0 atom stereocenters. The molecule has 0 aromatic heterocycles. The molecular weight excluding hydrogens is 304 g/mol. The number of para-hydroxylation sites is 1. The van der Waals surface area contributed by atoms with E-state index >= 15 is 0 Å². The Hall–Kier alpha value is -1.76. The number of hydrogen-bond donors (Lipinski definition) is 1. The lowest BCUT2D eigenvalue weighted by Gasteiger charge is -2.23. The molecule has 2 rings (SSSR count). The number of rotatable bonds is 7. The molecule has 6 nitrogen and oxygen atoms in total. The van der Waals surface area contributed by atoms with E-state index in [9.17, 15) is 13.2 Å². The van der Waals surface area contributed by atoms with Gasteiger partial charge in [-0.15, -0.1) is 0 Å². The highest BCUT2D eigenvalue weighted by atomic mass is 32.2. The Bertz CT molecular complexity index is 626. The highest BCUT2D eigenvalue weighted by molar-refractivity contribution is 7.86. The van der Waals surface area contributed by atoms with Crippen LogP contribution >= 0.6 is 0 Å². The molecule has 1 aromatic carbocycles. The van der Waals surface area contributed by atoms with E-state index in [0.717, 1.165) is 19.1 Å². The summed E-state index contributed by atoms with van der Waals surface area (Å²) in [7, 11) is -3.60. The van der Waals surface area contributed by atoms with Gasteiger partial charge in [0.2, 0.25) is 0 Å². The molecule has 1 aliphatic rings. The molecule has 7 heteroatoms. The Kier molecular flexibility index (Phi) is 5.28. The van der Waals surface area contributed by atoms with Crippen LogP contribution in [0, 0.1) is 5.92 Å². The summed E-state index contributed by atoms with van der Waals surface area (Å²) in [5.41, 5.74) is 0.680. The van der Waals surface area contributed by atoms with Crippen LogP contribution in [0.2, 0.25) is 0 Å².